The highest BCUT2D eigenvalue weighted by Crippen LogP contribution is 2.22. The third-order valence-corrected chi connectivity index (χ3v) is 6.36. The molecule has 19 heavy (non-hydrogen) atoms. The topological polar surface area (TPSA) is 57.6 Å². The fourth-order valence-electron chi connectivity index (χ4n) is 2.76. The van der Waals surface area contributed by atoms with E-state index in [2.05, 4.69) is 4.90 Å². The molecule has 1 aliphatic carbocycles. The summed E-state index contributed by atoms with van der Waals surface area (Å²) in [4.78, 5) is 2.29. The SMILES string of the molecule is CC(C)S(=O)(=O)CCCN(CCO)C1CCCCC1. The van der Waals surface area contributed by atoms with Crippen LogP contribution < -0.4 is 0 Å². The highest BCUT2D eigenvalue weighted by molar-refractivity contribution is 7.91. The van der Waals surface area contributed by atoms with Gasteiger partial charge in [0, 0.05) is 12.6 Å². The van der Waals surface area contributed by atoms with E-state index in [0.717, 1.165) is 6.54 Å². The highest BCUT2D eigenvalue weighted by atomic mass is 32.2. The van der Waals surface area contributed by atoms with Crippen molar-refractivity contribution in [2.75, 3.05) is 25.4 Å². The van der Waals surface area contributed by atoms with Crippen molar-refractivity contribution in [2.45, 2.75) is 63.7 Å². The largest absolute Gasteiger partial charge is 0.395 e. The number of rotatable bonds is 8. The first-order chi connectivity index (χ1) is 8.97. The Kier molecular flexibility index (Phi) is 7.32. The molecule has 0 bridgehead atoms. The van der Waals surface area contributed by atoms with Gasteiger partial charge in [-0.25, -0.2) is 8.42 Å². The minimum absolute atomic E-state index is 0.160. The average Bonchev–Trinajstić information content (AvgIpc) is 2.38. The quantitative estimate of drug-likeness (QED) is 0.741. The zero-order valence-corrected chi connectivity index (χ0v) is 13.2. The Balaban J connectivity index is 2.41. The van der Waals surface area contributed by atoms with Crippen molar-refractivity contribution in [3.8, 4) is 0 Å². The van der Waals surface area contributed by atoms with Crippen LogP contribution in [0.15, 0.2) is 0 Å². The van der Waals surface area contributed by atoms with Crippen molar-refractivity contribution < 1.29 is 13.5 Å². The van der Waals surface area contributed by atoms with E-state index in [1.165, 1.54) is 32.1 Å². The summed E-state index contributed by atoms with van der Waals surface area (Å²) in [6.07, 6.45) is 6.89. The minimum Gasteiger partial charge on any atom is -0.395 e. The van der Waals surface area contributed by atoms with Crippen LogP contribution in [0.2, 0.25) is 0 Å². The summed E-state index contributed by atoms with van der Waals surface area (Å²) in [7, 11) is -2.93. The Morgan fingerprint density at radius 3 is 2.32 bits per heavy atom. The second kappa shape index (κ2) is 8.22. The van der Waals surface area contributed by atoms with Crippen molar-refractivity contribution in [2.24, 2.45) is 0 Å². The van der Waals surface area contributed by atoms with Gasteiger partial charge >= 0.3 is 0 Å². The van der Waals surface area contributed by atoms with Crippen LogP contribution >= 0.6 is 0 Å². The second-order valence-electron chi connectivity index (χ2n) is 5.82. The Hall–Kier alpha value is -0.130. The molecule has 0 amide bonds. The number of hydrogen-bond acceptors (Lipinski definition) is 4. The highest BCUT2D eigenvalue weighted by Gasteiger charge is 2.22. The molecule has 0 radical (unpaired) electrons. The lowest BCUT2D eigenvalue weighted by Crippen LogP contribution is -2.40. The third-order valence-electron chi connectivity index (χ3n) is 4.07. The fourth-order valence-corrected chi connectivity index (χ4v) is 3.76. The van der Waals surface area contributed by atoms with Crippen molar-refractivity contribution in [1.29, 1.82) is 0 Å². The van der Waals surface area contributed by atoms with Crippen LogP contribution in [0, 0.1) is 0 Å². The van der Waals surface area contributed by atoms with Gasteiger partial charge in [-0.2, -0.15) is 0 Å². The number of sulfone groups is 1. The smallest absolute Gasteiger partial charge is 0.152 e. The van der Waals surface area contributed by atoms with Gasteiger partial charge in [0.2, 0.25) is 0 Å². The zero-order valence-electron chi connectivity index (χ0n) is 12.3. The van der Waals surface area contributed by atoms with Gasteiger partial charge in [-0.1, -0.05) is 19.3 Å². The third kappa shape index (κ3) is 5.79. The minimum atomic E-state index is -2.93. The normalized spacial score (nSPS) is 18.4. The Bertz CT molecular complexity index is 335. The summed E-state index contributed by atoms with van der Waals surface area (Å²) < 4.78 is 23.6. The Labute approximate surface area is 118 Å². The fraction of sp³-hybridized carbons (Fsp3) is 1.00. The molecule has 0 aromatic carbocycles. The van der Waals surface area contributed by atoms with Crippen LogP contribution in [0.3, 0.4) is 0 Å². The van der Waals surface area contributed by atoms with E-state index in [9.17, 15) is 8.42 Å². The van der Waals surface area contributed by atoms with Crippen molar-refractivity contribution >= 4 is 9.84 Å². The summed E-state index contributed by atoms with van der Waals surface area (Å²) in [5.74, 6) is 0.263. The molecule has 4 nitrogen and oxygen atoms in total. The van der Waals surface area contributed by atoms with E-state index in [-0.39, 0.29) is 17.6 Å². The van der Waals surface area contributed by atoms with Crippen LogP contribution in [0.5, 0.6) is 0 Å². The van der Waals surface area contributed by atoms with Crippen molar-refractivity contribution in [1.82, 2.24) is 4.90 Å². The first kappa shape index (κ1) is 16.9. The van der Waals surface area contributed by atoms with Crippen molar-refractivity contribution in [3.05, 3.63) is 0 Å². The monoisotopic (exact) mass is 291 g/mol. The molecule has 0 unspecified atom stereocenters. The van der Waals surface area contributed by atoms with Gasteiger partial charge in [-0.15, -0.1) is 0 Å². The molecule has 114 valence electrons. The standard InChI is InChI=1S/C14H29NO3S/c1-13(2)19(17,18)12-6-9-15(10-11-16)14-7-4-3-5-8-14/h13-14,16H,3-12H2,1-2H3. The molecule has 0 saturated heterocycles. The van der Waals surface area contributed by atoms with Gasteiger partial charge in [-0.05, 0) is 39.7 Å². The predicted octanol–water partition coefficient (Wildman–Crippen LogP) is 1.83. The molecular weight excluding hydrogens is 262 g/mol. The van der Waals surface area contributed by atoms with E-state index < -0.39 is 9.84 Å². The maximum Gasteiger partial charge on any atom is 0.152 e. The molecule has 0 atom stereocenters. The lowest BCUT2D eigenvalue weighted by Gasteiger charge is -2.34. The van der Waals surface area contributed by atoms with Crippen LogP contribution in [-0.2, 0) is 9.84 Å². The Morgan fingerprint density at radius 2 is 1.79 bits per heavy atom. The van der Waals surface area contributed by atoms with Gasteiger partial charge in [0.15, 0.2) is 9.84 Å². The van der Waals surface area contributed by atoms with Crippen LogP contribution in [0.25, 0.3) is 0 Å². The van der Waals surface area contributed by atoms with E-state index in [4.69, 9.17) is 5.11 Å². The number of nitrogens with zero attached hydrogens (tertiary/aromatic N) is 1. The molecule has 0 aliphatic heterocycles. The lowest BCUT2D eigenvalue weighted by molar-refractivity contribution is 0.124. The summed E-state index contributed by atoms with van der Waals surface area (Å²) in [6, 6.07) is 0.544. The molecule has 0 heterocycles. The summed E-state index contributed by atoms with van der Waals surface area (Å²) >= 11 is 0. The van der Waals surface area contributed by atoms with Crippen LogP contribution in [0.4, 0.5) is 0 Å². The zero-order chi connectivity index (χ0) is 14.3. The first-order valence-corrected chi connectivity index (χ1v) is 9.25. The molecular formula is C14H29NO3S. The number of aliphatic hydroxyl groups excluding tert-OH is 1. The predicted molar refractivity (Wildman–Crippen MR) is 79.1 cm³/mol. The van der Waals surface area contributed by atoms with Gasteiger partial charge in [0.1, 0.15) is 0 Å². The molecule has 0 aromatic heterocycles. The molecule has 1 rings (SSSR count). The summed E-state index contributed by atoms with van der Waals surface area (Å²) in [6.45, 7) is 5.10. The first-order valence-electron chi connectivity index (χ1n) is 7.54. The molecule has 1 saturated carbocycles. The summed E-state index contributed by atoms with van der Waals surface area (Å²) in [5, 5.41) is 8.87. The molecule has 1 fully saturated rings. The van der Waals surface area contributed by atoms with Crippen LogP contribution in [0.1, 0.15) is 52.4 Å². The molecule has 5 heteroatoms. The van der Waals surface area contributed by atoms with E-state index >= 15 is 0 Å². The van der Waals surface area contributed by atoms with Gasteiger partial charge in [-0.3, -0.25) is 4.90 Å². The maximum atomic E-state index is 11.8. The van der Waals surface area contributed by atoms with E-state index in [1.54, 1.807) is 13.8 Å². The van der Waals surface area contributed by atoms with Crippen molar-refractivity contribution in [3.63, 3.8) is 0 Å². The lowest BCUT2D eigenvalue weighted by atomic mass is 9.94. The Morgan fingerprint density at radius 1 is 1.16 bits per heavy atom. The maximum absolute atomic E-state index is 11.8. The van der Waals surface area contributed by atoms with E-state index in [0.29, 0.717) is 19.0 Å². The van der Waals surface area contributed by atoms with Gasteiger partial charge < -0.3 is 5.11 Å². The average molecular weight is 291 g/mol. The van der Waals surface area contributed by atoms with Crippen LogP contribution in [-0.4, -0.2) is 55.2 Å². The number of aliphatic hydroxyl groups is 1. The molecule has 1 aliphatic rings. The molecule has 1 N–H and O–H groups in total. The van der Waals surface area contributed by atoms with Gasteiger partial charge in [0.25, 0.3) is 0 Å². The van der Waals surface area contributed by atoms with Gasteiger partial charge in [0.05, 0.1) is 17.6 Å². The summed E-state index contributed by atoms with van der Waals surface area (Å²) in [5.41, 5.74) is 0. The molecule has 0 aromatic rings. The second-order valence-corrected chi connectivity index (χ2v) is 8.50. The molecule has 0 spiro atoms. The number of hydrogen-bond donors (Lipinski definition) is 1. The van der Waals surface area contributed by atoms with E-state index in [1.807, 2.05) is 0 Å².